The Bertz CT molecular complexity index is 1020. The molecule has 1 heterocycles. The summed E-state index contributed by atoms with van der Waals surface area (Å²) in [5, 5.41) is 0. The number of nitrogens with one attached hydrogen (secondary N) is 1. The molecule has 0 saturated heterocycles. The van der Waals surface area contributed by atoms with Crippen LogP contribution < -0.4 is 4.54 Å². The smallest absolute Gasteiger partial charge is 0.224 e. The summed E-state index contributed by atoms with van der Waals surface area (Å²) in [5.74, 6) is 0. The minimum absolute atomic E-state index is 0.258. The molecule has 0 fully saturated rings. The van der Waals surface area contributed by atoms with Crippen molar-refractivity contribution in [3.05, 3.63) is 59.0 Å². The molecule has 0 saturated carbocycles. The number of aromatic nitrogens is 2. The third-order valence-corrected chi connectivity index (χ3v) is 5.50. The molecule has 7 heteroatoms. The number of hydrogen-bond acceptors (Lipinski definition) is 4. The lowest BCUT2D eigenvalue weighted by Gasteiger charge is -2.01. The zero-order valence-electron chi connectivity index (χ0n) is 12.6. The maximum atomic E-state index is 12.1. The zero-order chi connectivity index (χ0) is 16.6. The van der Waals surface area contributed by atoms with E-state index < -0.39 is 9.84 Å². The van der Waals surface area contributed by atoms with Crippen molar-refractivity contribution in [2.45, 2.75) is 11.8 Å². The highest BCUT2D eigenvalue weighted by Gasteiger charge is 2.23. The average Bonchev–Trinajstić information content (AvgIpc) is 2.88. The molecule has 0 amide bonds. The average molecular weight is 347 g/mol. The molecule has 0 unspecified atom stereocenters. The van der Waals surface area contributed by atoms with Gasteiger partial charge in [0, 0.05) is 23.4 Å². The second kappa shape index (κ2) is 5.75. The van der Waals surface area contributed by atoms with E-state index >= 15 is 0 Å². The predicted octanol–water partition coefficient (Wildman–Crippen LogP) is 3.04. The highest BCUT2D eigenvalue weighted by molar-refractivity contribution is 7.90. The monoisotopic (exact) mass is 347 g/mol. The van der Waals surface area contributed by atoms with Gasteiger partial charge < -0.3 is 0 Å². The van der Waals surface area contributed by atoms with Crippen molar-refractivity contribution >= 4 is 21.4 Å². The molecule has 0 aliphatic rings. The highest BCUT2D eigenvalue weighted by atomic mass is 32.2. The summed E-state index contributed by atoms with van der Waals surface area (Å²) in [4.78, 5) is 13.2. The molecule has 2 aromatic carbocycles. The van der Waals surface area contributed by atoms with Gasteiger partial charge in [0.2, 0.25) is 0 Å². The molecule has 5 nitrogen and oxygen atoms in total. The number of hydrogen-bond donors (Lipinski definition) is 1. The normalized spacial score (nSPS) is 11.6. The van der Waals surface area contributed by atoms with Crippen molar-refractivity contribution in [1.82, 2.24) is 4.49 Å². The molecular formula is C16H15N2O3S2+. The lowest BCUT2D eigenvalue weighted by Crippen LogP contribution is -2.17. The molecule has 3 rings (SSSR count). The van der Waals surface area contributed by atoms with Crippen molar-refractivity contribution < 1.29 is 13.0 Å². The second-order valence-corrected chi connectivity index (χ2v) is 8.14. The van der Waals surface area contributed by atoms with E-state index in [0.717, 1.165) is 26.1 Å². The molecular weight excluding hydrogens is 332 g/mol. The first-order chi connectivity index (χ1) is 10.9. The van der Waals surface area contributed by atoms with E-state index in [9.17, 15) is 13.3 Å². The molecule has 23 heavy (non-hydrogen) atoms. The maximum absolute atomic E-state index is 12.1. The van der Waals surface area contributed by atoms with Gasteiger partial charge >= 0.3 is 5.69 Å². The van der Waals surface area contributed by atoms with Crippen molar-refractivity contribution in [3.63, 3.8) is 0 Å². The number of benzene rings is 2. The van der Waals surface area contributed by atoms with E-state index in [0.29, 0.717) is 5.69 Å². The maximum Gasteiger partial charge on any atom is 0.319 e. The van der Waals surface area contributed by atoms with Crippen LogP contribution in [0.25, 0.3) is 21.7 Å². The standard InChI is InChI=1S/C16H15N2O3S2/c1-11-4-3-5-13(10-11)15-16(22-17-18(15)19)12-6-8-14(9-7-12)23(2,20)21/h3-10H,1-2H3,(H,17,19)/q+1. The largest absolute Gasteiger partial charge is 0.319 e. The number of H-pyrrole nitrogens is 1. The first kappa shape index (κ1) is 15.6. The first-order valence-corrected chi connectivity index (χ1v) is 9.58. The fourth-order valence-electron chi connectivity index (χ4n) is 2.36. The third-order valence-electron chi connectivity index (χ3n) is 3.48. The number of aromatic amines is 1. The summed E-state index contributed by atoms with van der Waals surface area (Å²) in [5.41, 5.74) is 3.21. The van der Waals surface area contributed by atoms with Crippen LogP contribution in [-0.2, 0) is 9.84 Å². The highest BCUT2D eigenvalue weighted by Crippen LogP contribution is 2.32. The lowest BCUT2D eigenvalue weighted by atomic mass is 10.1. The van der Waals surface area contributed by atoms with Gasteiger partial charge in [-0.15, -0.1) is 0 Å². The van der Waals surface area contributed by atoms with Crippen molar-refractivity contribution in [1.29, 1.82) is 0 Å². The Morgan fingerprint density at radius 3 is 2.35 bits per heavy atom. The Labute approximate surface area is 137 Å². The molecule has 0 bridgehead atoms. The Balaban J connectivity index is 2.14. The fourth-order valence-corrected chi connectivity index (χ4v) is 3.81. The van der Waals surface area contributed by atoms with Crippen molar-refractivity contribution in [2.24, 2.45) is 0 Å². The van der Waals surface area contributed by atoms with Crippen LogP contribution in [-0.4, -0.2) is 19.2 Å². The fraction of sp³-hybridized carbons (Fsp3) is 0.125. The van der Waals surface area contributed by atoms with Gasteiger partial charge in [0.15, 0.2) is 14.4 Å². The van der Waals surface area contributed by atoms with Gasteiger partial charge in [0.25, 0.3) is 0 Å². The number of rotatable bonds is 3. The minimum atomic E-state index is -3.24. The molecule has 0 radical (unpaired) electrons. The molecule has 0 spiro atoms. The summed E-state index contributed by atoms with van der Waals surface area (Å²) >= 11 is 1.22. The van der Waals surface area contributed by atoms with Crippen LogP contribution in [0.2, 0.25) is 0 Å². The molecule has 1 aromatic heterocycles. The van der Waals surface area contributed by atoms with E-state index in [1.807, 2.05) is 31.2 Å². The van der Waals surface area contributed by atoms with E-state index in [2.05, 4.69) is 4.49 Å². The third kappa shape index (κ3) is 3.11. The van der Waals surface area contributed by atoms with Crippen LogP contribution in [0.5, 0.6) is 0 Å². The van der Waals surface area contributed by atoms with Crippen LogP contribution in [0.15, 0.2) is 53.4 Å². The lowest BCUT2D eigenvalue weighted by molar-refractivity contribution is -0.542. The Kier molecular flexibility index (Phi) is 3.91. The quantitative estimate of drug-likeness (QED) is 0.740. The van der Waals surface area contributed by atoms with E-state index in [1.54, 1.807) is 24.3 Å². The predicted molar refractivity (Wildman–Crippen MR) is 90.8 cm³/mol. The number of nitrogens with zero attached hydrogens (tertiary/aromatic N) is 1. The Morgan fingerprint density at radius 2 is 1.74 bits per heavy atom. The summed E-state index contributed by atoms with van der Waals surface area (Å²) in [6.45, 7) is 1.97. The van der Waals surface area contributed by atoms with Crippen LogP contribution in [0, 0.1) is 11.8 Å². The molecule has 3 aromatic rings. The van der Waals surface area contributed by atoms with Gasteiger partial charge in [0.1, 0.15) is 4.88 Å². The Hall–Kier alpha value is -2.25. The van der Waals surface area contributed by atoms with Gasteiger partial charge in [-0.2, -0.15) is 0 Å². The van der Waals surface area contributed by atoms with Crippen LogP contribution >= 0.6 is 11.5 Å². The van der Waals surface area contributed by atoms with Gasteiger partial charge in [-0.25, -0.2) is 8.42 Å². The van der Waals surface area contributed by atoms with Gasteiger partial charge in [-0.1, -0.05) is 34.3 Å². The van der Waals surface area contributed by atoms with Gasteiger partial charge in [-0.05, 0) is 31.2 Å². The first-order valence-electron chi connectivity index (χ1n) is 6.88. The summed E-state index contributed by atoms with van der Waals surface area (Å²) in [6, 6.07) is 14.2. The SMILES string of the molecule is Cc1cccc(-c2c(-c3ccc(S(C)(=O)=O)cc3)s[nH][n+]2=O)c1. The molecule has 118 valence electrons. The van der Waals surface area contributed by atoms with E-state index in [1.165, 1.54) is 17.8 Å². The van der Waals surface area contributed by atoms with Crippen molar-refractivity contribution in [2.75, 3.05) is 6.26 Å². The molecule has 1 N–H and O–H groups in total. The summed E-state index contributed by atoms with van der Waals surface area (Å²) in [6.07, 6.45) is 1.17. The van der Waals surface area contributed by atoms with Crippen LogP contribution in [0.3, 0.4) is 0 Å². The molecule has 0 atom stereocenters. The summed E-state index contributed by atoms with van der Waals surface area (Å²) < 4.78 is 26.5. The van der Waals surface area contributed by atoms with E-state index in [-0.39, 0.29) is 4.90 Å². The van der Waals surface area contributed by atoms with Gasteiger partial charge in [0.05, 0.1) is 15.4 Å². The zero-order valence-corrected chi connectivity index (χ0v) is 14.2. The topological polar surface area (TPSA) is 72.9 Å². The van der Waals surface area contributed by atoms with Crippen LogP contribution in [0.1, 0.15) is 5.56 Å². The Morgan fingerprint density at radius 1 is 1.04 bits per heavy atom. The summed E-state index contributed by atoms with van der Waals surface area (Å²) in [7, 11) is -3.24. The molecule has 0 aliphatic carbocycles. The van der Waals surface area contributed by atoms with Gasteiger partial charge in [-0.3, -0.25) is 0 Å². The van der Waals surface area contributed by atoms with Crippen molar-refractivity contribution in [3.8, 4) is 21.7 Å². The number of aryl methyl sites for hydroxylation is 1. The minimum Gasteiger partial charge on any atom is -0.224 e. The second-order valence-electron chi connectivity index (χ2n) is 5.33. The van der Waals surface area contributed by atoms with Crippen LogP contribution in [0.4, 0.5) is 0 Å². The van der Waals surface area contributed by atoms with E-state index in [4.69, 9.17) is 0 Å². The molecule has 0 aliphatic heterocycles. The number of sulfone groups is 1.